The topological polar surface area (TPSA) is 57.5 Å². The molecule has 0 heterocycles. The molecular formula is C10H12O3S. The van der Waals surface area contributed by atoms with E-state index in [1.54, 1.807) is 12.1 Å². The number of aldehydes is 1. The van der Waals surface area contributed by atoms with Gasteiger partial charge in [-0.25, -0.2) is 0 Å². The van der Waals surface area contributed by atoms with Crippen molar-refractivity contribution < 1.29 is 15.0 Å². The summed E-state index contributed by atoms with van der Waals surface area (Å²) in [5.41, 5.74) is 0.636. The number of hydrogen-bond acceptors (Lipinski definition) is 4. The van der Waals surface area contributed by atoms with E-state index in [9.17, 15) is 4.79 Å². The van der Waals surface area contributed by atoms with Gasteiger partial charge in [0.1, 0.15) is 6.29 Å². The molecule has 0 saturated carbocycles. The van der Waals surface area contributed by atoms with Crippen molar-refractivity contribution in [1.82, 2.24) is 0 Å². The van der Waals surface area contributed by atoms with Gasteiger partial charge in [-0.2, -0.15) is 0 Å². The zero-order chi connectivity index (χ0) is 10.4. The second-order valence-electron chi connectivity index (χ2n) is 2.83. The Balaban J connectivity index is 2.47. The molecule has 1 unspecified atom stereocenters. The molecule has 0 bridgehead atoms. The molecule has 1 aromatic carbocycles. The molecule has 0 aliphatic rings. The maximum Gasteiger partial charge on any atom is 0.150 e. The summed E-state index contributed by atoms with van der Waals surface area (Å²) >= 11 is 1.45. The number of aliphatic hydroxyl groups is 2. The van der Waals surface area contributed by atoms with Gasteiger partial charge in [0, 0.05) is 16.2 Å². The van der Waals surface area contributed by atoms with Crippen LogP contribution in [0.4, 0.5) is 0 Å². The normalized spacial score (nSPS) is 12.4. The fourth-order valence-electron chi connectivity index (χ4n) is 0.888. The van der Waals surface area contributed by atoms with Crippen LogP contribution in [-0.2, 0) is 0 Å². The molecule has 0 aliphatic carbocycles. The molecule has 0 amide bonds. The van der Waals surface area contributed by atoms with Crippen LogP contribution in [0.5, 0.6) is 0 Å². The fourth-order valence-corrected chi connectivity index (χ4v) is 1.71. The Morgan fingerprint density at radius 3 is 2.50 bits per heavy atom. The molecule has 0 saturated heterocycles. The fraction of sp³-hybridized carbons (Fsp3) is 0.300. The Bertz CT molecular complexity index is 284. The van der Waals surface area contributed by atoms with E-state index in [0.29, 0.717) is 11.3 Å². The molecule has 1 rings (SSSR count). The van der Waals surface area contributed by atoms with Crippen LogP contribution in [0.1, 0.15) is 10.4 Å². The van der Waals surface area contributed by atoms with E-state index in [-0.39, 0.29) is 6.61 Å². The van der Waals surface area contributed by atoms with Crippen molar-refractivity contribution in [2.45, 2.75) is 11.0 Å². The standard InChI is InChI=1S/C10H12O3S/c11-5-8-1-3-10(4-2-8)14-7-9(13)6-12/h1-5,9,12-13H,6-7H2. The average molecular weight is 212 g/mol. The summed E-state index contributed by atoms with van der Waals surface area (Å²) in [7, 11) is 0. The van der Waals surface area contributed by atoms with Gasteiger partial charge in [0.15, 0.2) is 0 Å². The maximum atomic E-state index is 10.4. The third kappa shape index (κ3) is 3.49. The van der Waals surface area contributed by atoms with Crippen molar-refractivity contribution in [3.63, 3.8) is 0 Å². The molecule has 0 aliphatic heterocycles. The van der Waals surface area contributed by atoms with E-state index in [2.05, 4.69) is 0 Å². The van der Waals surface area contributed by atoms with Crippen LogP contribution in [0.2, 0.25) is 0 Å². The second kappa shape index (κ2) is 5.80. The first-order valence-corrected chi connectivity index (χ1v) is 5.22. The highest BCUT2D eigenvalue weighted by Gasteiger charge is 2.02. The zero-order valence-corrected chi connectivity index (χ0v) is 8.41. The SMILES string of the molecule is O=Cc1ccc(SCC(O)CO)cc1. The van der Waals surface area contributed by atoms with Gasteiger partial charge >= 0.3 is 0 Å². The number of thioether (sulfide) groups is 1. The van der Waals surface area contributed by atoms with Crippen molar-refractivity contribution in [3.8, 4) is 0 Å². The highest BCUT2D eigenvalue weighted by atomic mass is 32.2. The van der Waals surface area contributed by atoms with Crippen molar-refractivity contribution in [3.05, 3.63) is 29.8 Å². The van der Waals surface area contributed by atoms with Gasteiger partial charge in [0.05, 0.1) is 12.7 Å². The molecule has 3 nitrogen and oxygen atoms in total. The minimum Gasteiger partial charge on any atom is -0.394 e. The molecule has 0 radical (unpaired) electrons. The lowest BCUT2D eigenvalue weighted by Gasteiger charge is -2.06. The molecule has 0 spiro atoms. The summed E-state index contributed by atoms with van der Waals surface area (Å²) in [6, 6.07) is 7.08. The quantitative estimate of drug-likeness (QED) is 0.563. The number of benzene rings is 1. The van der Waals surface area contributed by atoms with Crippen LogP contribution in [0.3, 0.4) is 0 Å². The first-order valence-electron chi connectivity index (χ1n) is 4.23. The summed E-state index contributed by atoms with van der Waals surface area (Å²) < 4.78 is 0. The molecule has 4 heteroatoms. The third-order valence-corrected chi connectivity index (χ3v) is 2.83. The Morgan fingerprint density at radius 2 is 2.00 bits per heavy atom. The van der Waals surface area contributed by atoms with E-state index in [1.807, 2.05) is 12.1 Å². The molecule has 2 N–H and O–H groups in total. The smallest absolute Gasteiger partial charge is 0.150 e. The van der Waals surface area contributed by atoms with Gasteiger partial charge in [-0.15, -0.1) is 11.8 Å². The van der Waals surface area contributed by atoms with E-state index in [0.717, 1.165) is 11.2 Å². The Labute approximate surface area is 86.8 Å². The maximum absolute atomic E-state index is 10.4. The first-order chi connectivity index (χ1) is 6.76. The molecule has 1 atom stereocenters. The molecule has 0 aromatic heterocycles. The molecule has 76 valence electrons. The van der Waals surface area contributed by atoms with Crippen molar-refractivity contribution >= 4 is 18.0 Å². The number of carbonyl (C=O) groups excluding carboxylic acids is 1. The summed E-state index contributed by atoms with van der Waals surface area (Å²) in [6.07, 6.45) is 0.0996. The average Bonchev–Trinajstić information content (AvgIpc) is 2.26. The number of aliphatic hydroxyl groups excluding tert-OH is 2. The summed E-state index contributed by atoms with van der Waals surface area (Å²) in [5, 5.41) is 17.7. The van der Waals surface area contributed by atoms with E-state index in [1.165, 1.54) is 11.8 Å². The van der Waals surface area contributed by atoms with Gasteiger partial charge in [-0.3, -0.25) is 4.79 Å². The van der Waals surface area contributed by atoms with Crippen molar-refractivity contribution in [2.24, 2.45) is 0 Å². The number of hydrogen-bond donors (Lipinski definition) is 2. The summed E-state index contributed by atoms with van der Waals surface area (Å²) in [4.78, 5) is 11.3. The van der Waals surface area contributed by atoms with Gasteiger partial charge in [0.25, 0.3) is 0 Å². The Morgan fingerprint density at radius 1 is 1.36 bits per heavy atom. The van der Waals surface area contributed by atoms with E-state index in [4.69, 9.17) is 10.2 Å². The lowest BCUT2D eigenvalue weighted by molar-refractivity contribution is 0.112. The summed E-state index contributed by atoms with van der Waals surface area (Å²) in [5.74, 6) is 0.455. The van der Waals surface area contributed by atoms with E-state index >= 15 is 0 Å². The molecule has 1 aromatic rings. The number of rotatable bonds is 5. The third-order valence-electron chi connectivity index (χ3n) is 1.67. The Hall–Kier alpha value is -0.840. The minimum absolute atomic E-state index is 0.223. The van der Waals surface area contributed by atoms with Crippen molar-refractivity contribution in [2.75, 3.05) is 12.4 Å². The van der Waals surface area contributed by atoms with Crippen LogP contribution in [0, 0.1) is 0 Å². The first kappa shape index (κ1) is 11.2. The van der Waals surface area contributed by atoms with Crippen molar-refractivity contribution in [1.29, 1.82) is 0 Å². The molecular weight excluding hydrogens is 200 g/mol. The second-order valence-corrected chi connectivity index (χ2v) is 3.93. The van der Waals surface area contributed by atoms with Crippen LogP contribution >= 0.6 is 11.8 Å². The zero-order valence-electron chi connectivity index (χ0n) is 7.59. The monoisotopic (exact) mass is 212 g/mol. The predicted octanol–water partition coefficient (Wildman–Crippen LogP) is 0.944. The van der Waals surface area contributed by atoms with Crippen LogP contribution < -0.4 is 0 Å². The predicted molar refractivity (Wildman–Crippen MR) is 55.6 cm³/mol. The largest absolute Gasteiger partial charge is 0.394 e. The molecule has 0 fully saturated rings. The van der Waals surface area contributed by atoms with Crippen LogP contribution in [-0.4, -0.2) is 35.0 Å². The number of carbonyl (C=O) groups is 1. The highest BCUT2D eigenvalue weighted by Crippen LogP contribution is 2.18. The van der Waals surface area contributed by atoms with E-state index < -0.39 is 6.10 Å². The highest BCUT2D eigenvalue weighted by molar-refractivity contribution is 7.99. The van der Waals surface area contributed by atoms with Gasteiger partial charge in [-0.05, 0) is 12.1 Å². The summed E-state index contributed by atoms with van der Waals surface area (Å²) in [6.45, 7) is -0.223. The van der Waals surface area contributed by atoms with Gasteiger partial charge in [-0.1, -0.05) is 12.1 Å². The van der Waals surface area contributed by atoms with Gasteiger partial charge < -0.3 is 10.2 Å². The van der Waals surface area contributed by atoms with Crippen LogP contribution in [0.15, 0.2) is 29.2 Å². The minimum atomic E-state index is -0.689. The van der Waals surface area contributed by atoms with Gasteiger partial charge in [0.2, 0.25) is 0 Å². The molecule has 14 heavy (non-hydrogen) atoms. The lowest BCUT2D eigenvalue weighted by Crippen LogP contribution is -2.14. The van der Waals surface area contributed by atoms with Crippen LogP contribution in [0.25, 0.3) is 0 Å². The lowest BCUT2D eigenvalue weighted by atomic mass is 10.2. The Kier molecular flexibility index (Phi) is 4.65.